The molecule has 0 bridgehead atoms. The van der Waals surface area contributed by atoms with Crippen molar-refractivity contribution in [3.8, 4) is 0 Å². The van der Waals surface area contributed by atoms with E-state index in [1.807, 2.05) is 0 Å². The molecule has 1 aromatic rings. The molecule has 0 spiro atoms. The van der Waals surface area contributed by atoms with Crippen LogP contribution in [0.1, 0.15) is 30.9 Å². The van der Waals surface area contributed by atoms with E-state index in [1.165, 1.54) is 24.0 Å². The summed E-state index contributed by atoms with van der Waals surface area (Å²) in [5.41, 5.74) is 2.63. The van der Waals surface area contributed by atoms with Crippen molar-refractivity contribution in [2.45, 2.75) is 33.2 Å². The molecule has 2 nitrogen and oxygen atoms in total. The predicted molar refractivity (Wildman–Crippen MR) is 68.4 cm³/mol. The normalized spacial score (nSPS) is 11.0. The monoisotopic (exact) mass is 221 g/mol. The molecule has 0 saturated heterocycles. The van der Waals surface area contributed by atoms with Crippen LogP contribution in [-0.2, 0) is 6.54 Å². The zero-order chi connectivity index (χ0) is 11.8. The van der Waals surface area contributed by atoms with Gasteiger partial charge >= 0.3 is 0 Å². The quantitative estimate of drug-likeness (QED) is 0.765. The molecule has 0 amide bonds. The number of aliphatic hydroxyl groups excluding tert-OH is 1. The molecule has 0 atom stereocenters. The Morgan fingerprint density at radius 2 is 1.81 bits per heavy atom. The first-order valence-corrected chi connectivity index (χ1v) is 6.15. The minimum atomic E-state index is 0.246. The van der Waals surface area contributed by atoms with Gasteiger partial charge in [0.25, 0.3) is 0 Å². The summed E-state index contributed by atoms with van der Waals surface area (Å²) in [6.45, 7) is 7.34. The maximum atomic E-state index is 9.02. The van der Waals surface area contributed by atoms with E-state index in [2.05, 4.69) is 43.0 Å². The zero-order valence-corrected chi connectivity index (χ0v) is 10.4. The maximum absolute atomic E-state index is 9.02. The second kappa shape index (κ2) is 7.42. The summed E-state index contributed by atoms with van der Waals surface area (Å²) in [7, 11) is 0. The van der Waals surface area contributed by atoms with Crippen molar-refractivity contribution in [2.75, 3.05) is 19.7 Å². The summed E-state index contributed by atoms with van der Waals surface area (Å²) in [6, 6.07) is 8.63. The van der Waals surface area contributed by atoms with Crippen LogP contribution in [0.25, 0.3) is 0 Å². The lowest BCUT2D eigenvalue weighted by Gasteiger charge is -2.21. The van der Waals surface area contributed by atoms with E-state index in [9.17, 15) is 0 Å². The van der Waals surface area contributed by atoms with E-state index in [0.717, 1.165) is 19.6 Å². The van der Waals surface area contributed by atoms with Crippen LogP contribution in [0.5, 0.6) is 0 Å². The van der Waals surface area contributed by atoms with Crippen molar-refractivity contribution in [3.63, 3.8) is 0 Å². The maximum Gasteiger partial charge on any atom is 0.0558 e. The first-order valence-electron chi connectivity index (χ1n) is 6.15. The summed E-state index contributed by atoms with van der Waals surface area (Å²) in [4.78, 5) is 2.31. The van der Waals surface area contributed by atoms with E-state index in [0.29, 0.717) is 0 Å². The molecule has 0 saturated carbocycles. The van der Waals surface area contributed by atoms with Crippen LogP contribution >= 0.6 is 0 Å². The highest BCUT2D eigenvalue weighted by Crippen LogP contribution is 2.07. The molecule has 16 heavy (non-hydrogen) atoms. The smallest absolute Gasteiger partial charge is 0.0558 e. The molecule has 1 N–H and O–H groups in total. The Kier molecular flexibility index (Phi) is 6.12. The Balaban J connectivity index is 2.49. The Hall–Kier alpha value is -0.860. The van der Waals surface area contributed by atoms with Crippen molar-refractivity contribution in [1.82, 2.24) is 4.90 Å². The topological polar surface area (TPSA) is 23.5 Å². The molecule has 0 radical (unpaired) electrons. The fourth-order valence-corrected chi connectivity index (χ4v) is 1.74. The highest BCUT2D eigenvalue weighted by Gasteiger charge is 2.04. The van der Waals surface area contributed by atoms with Crippen molar-refractivity contribution < 1.29 is 5.11 Å². The van der Waals surface area contributed by atoms with E-state index in [4.69, 9.17) is 5.11 Å². The van der Waals surface area contributed by atoms with Crippen LogP contribution in [0.4, 0.5) is 0 Å². The Labute approximate surface area is 98.9 Å². The summed E-state index contributed by atoms with van der Waals surface area (Å²) in [5.74, 6) is 0. The summed E-state index contributed by atoms with van der Waals surface area (Å²) >= 11 is 0. The molecule has 0 heterocycles. The van der Waals surface area contributed by atoms with Gasteiger partial charge in [0.15, 0.2) is 0 Å². The lowest BCUT2D eigenvalue weighted by atomic mass is 10.1. The molecule has 1 aromatic carbocycles. The van der Waals surface area contributed by atoms with Crippen LogP contribution < -0.4 is 0 Å². The van der Waals surface area contributed by atoms with E-state index in [1.54, 1.807) is 0 Å². The Morgan fingerprint density at radius 1 is 1.12 bits per heavy atom. The number of rotatable bonds is 7. The third kappa shape index (κ3) is 4.77. The fraction of sp³-hybridized carbons (Fsp3) is 0.571. The third-order valence-corrected chi connectivity index (χ3v) is 2.77. The summed E-state index contributed by atoms with van der Waals surface area (Å²) in [5, 5.41) is 9.02. The largest absolute Gasteiger partial charge is 0.395 e. The highest BCUT2D eigenvalue weighted by molar-refractivity contribution is 5.21. The average molecular weight is 221 g/mol. The third-order valence-electron chi connectivity index (χ3n) is 2.77. The van der Waals surface area contributed by atoms with Crippen molar-refractivity contribution in [1.29, 1.82) is 0 Å². The Morgan fingerprint density at radius 3 is 2.38 bits per heavy atom. The first kappa shape index (κ1) is 13.2. The number of benzene rings is 1. The van der Waals surface area contributed by atoms with Crippen LogP contribution in [0.15, 0.2) is 24.3 Å². The van der Waals surface area contributed by atoms with Gasteiger partial charge in [-0.2, -0.15) is 0 Å². The van der Waals surface area contributed by atoms with E-state index < -0.39 is 0 Å². The minimum absolute atomic E-state index is 0.246. The molecule has 0 aliphatic carbocycles. The van der Waals surface area contributed by atoms with Gasteiger partial charge in [-0.3, -0.25) is 4.90 Å². The zero-order valence-electron chi connectivity index (χ0n) is 10.4. The second-order valence-electron chi connectivity index (χ2n) is 4.34. The molecule has 90 valence electrons. The lowest BCUT2D eigenvalue weighted by Crippen LogP contribution is -2.27. The summed E-state index contributed by atoms with van der Waals surface area (Å²) < 4.78 is 0. The van der Waals surface area contributed by atoms with E-state index >= 15 is 0 Å². The van der Waals surface area contributed by atoms with Crippen LogP contribution in [-0.4, -0.2) is 29.7 Å². The van der Waals surface area contributed by atoms with Gasteiger partial charge in [0.1, 0.15) is 0 Å². The molecule has 0 aliphatic heterocycles. The van der Waals surface area contributed by atoms with Gasteiger partial charge in [0.05, 0.1) is 6.61 Å². The summed E-state index contributed by atoms with van der Waals surface area (Å²) in [6.07, 6.45) is 2.40. The molecule has 1 rings (SSSR count). The minimum Gasteiger partial charge on any atom is -0.395 e. The highest BCUT2D eigenvalue weighted by atomic mass is 16.3. The molecule has 0 aromatic heterocycles. The van der Waals surface area contributed by atoms with Crippen molar-refractivity contribution in [2.24, 2.45) is 0 Å². The van der Waals surface area contributed by atoms with Crippen LogP contribution in [0, 0.1) is 6.92 Å². The van der Waals surface area contributed by atoms with Gasteiger partial charge in [-0.1, -0.05) is 43.2 Å². The average Bonchev–Trinajstić information content (AvgIpc) is 2.29. The molecular formula is C14H23NO. The molecule has 0 unspecified atom stereocenters. The van der Waals surface area contributed by atoms with Gasteiger partial charge in [-0.05, 0) is 25.5 Å². The van der Waals surface area contributed by atoms with Gasteiger partial charge in [0, 0.05) is 13.1 Å². The molecule has 0 fully saturated rings. The SMILES string of the molecule is CCCCN(CCO)Cc1ccc(C)cc1. The number of aliphatic hydroxyl groups is 1. The van der Waals surface area contributed by atoms with Gasteiger partial charge in [-0.25, -0.2) is 0 Å². The number of nitrogens with zero attached hydrogens (tertiary/aromatic N) is 1. The van der Waals surface area contributed by atoms with Crippen molar-refractivity contribution >= 4 is 0 Å². The molecule has 0 aliphatic rings. The first-order chi connectivity index (χ1) is 7.76. The van der Waals surface area contributed by atoms with Gasteiger partial charge in [0.2, 0.25) is 0 Å². The number of aryl methyl sites for hydroxylation is 1. The standard InChI is InChI=1S/C14H23NO/c1-3-4-9-15(10-11-16)12-14-7-5-13(2)6-8-14/h5-8,16H,3-4,9-12H2,1-2H3. The molecular weight excluding hydrogens is 198 g/mol. The second-order valence-corrected chi connectivity index (χ2v) is 4.34. The Bertz CT molecular complexity index is 281. The van der Waals surface area contributed by atoms with Gasteiger partial charge < -0.3 is 5.11 Å². The lowest BCUT2D eigenvalue weighted by molar-refractivity contribution is 0.188. The number of unbranched alkanes of at least 4 members (excludes halogenated alkanes) is 1. The predicted octanol–water partition coefficient (Wildman–Crippen LogP) is 2.59. The molecule has 2 heteroatoms. The van der Waals surface area contributed by atoms with Gasteiger partial charge in [-0.15, -0.1) is 0 Å². The van der Waals surface area contributed by atoms with Crippen LogP contribution in [0.2, 0.25) is 0 Å². The number of hydrogen-bond donors (Lipinski definition) is 1. The van der Waals surface area contributed by atoms with Crippen LogP contribution in [0.3, 0.4) is 0 Å². The van der Waals surface area contributed by atoms with E-state index in [-0.39, 0.29) is 6.61 Å². The fourth-order valence-electron chi connectivity index (χ4n) is 1.74. The number of hydrogen-bond acceptors (Lipinski definition) is 2. The van der Waals surface area contributed by atoms with Crippen molar-refractivity contribution in [3.05, 3.63) is 35.4 Å².